The van der Waals surface area contributed by atoms with Gasteiger partial charge in [-0.3, -0.25) is 9.78 Å². The van der Waals surface area contributed by atoms with Crippen molar-refractivity contribution in [2.45, 2.75) is 12.5 Å². The molecule has 0 spiro atoms. The first-order valence-corrected chi connectivity index (χ1v) is 6.63. The molecule has 2 N–H and O–H groups in total. The van der Waals surface area contributed by atoms with Crippen LogP contribution in [0.5, 0.6) is 0 Å². The van der Waals surface area contributed by atoms with Gasteiger partial charge in [0.15, 0.2) is 0 Å². The number of carboxylic acids is 1. The fraction of sp³-hybridized carbons (Fsp3) is 0.133. The van der Waals surface area contributed by atoms with Crippen molar-refractivity contribution in [1.29, 1.82) is 0 Å². The van der Waals surface area contributed by atoms with Gasteiger partial charge in [-0.25, -0.2) is 4.79 Å². The molecule has 0 aliphatic heterocycles. The topological polar surface area (TPSA) is 79.3 Å². The lowest BCUT2D eigenvalue weighted by atomic mass is 10.1. The Hall–Kier alpha value is -2.40. The van der Waals surface area contributed by atoms with Gasteiger partial charge in [0, 0.05) is 17.6 Å². The number of aliphatic carboxylic acids is 1. The van der Waals surface area contributed by atoms with Gasteiger partial charge in [0.05, 0.1) is 0 Å². The number of nitrogens with zero attached hydrogens (tertiary/aromatic N) is 1. The Balaban J connectivity index is 2.09. The number of hydrogen-bond acceptors (Lipinski definition) is 3. The minimum Gasteiger partial charge on any atom is -0.480 e. The molecule has 0 saturated heterocycles. The molecule has 0 unspecified atom stereocenters. The van der Waals surface area contributed by atoms with E-state index in [-0.39, 0.29) is 12.1 Å². The first-order valence-electron chi connectivity index (χ1n) is 6.25. The van der Waals surface area contributed by atoms with E-state index in [1.807, 2.05) is 0 Å². The number of hydrogen-bond donors (Lipinski definition) is 2. The predicted molar refractivity (Wildman–Crippen MR) is 78.3 cm³/mol. The summed E-state index contributed by atoms with van der Waals surface area (Å²) < 4.78 is 0. The van der Waals surface area contributed by atoms with E-state index in [4.69, 9.17) is 11.6 Å². The number of rotatable bonds is 5. The molecule has 2 rings (SSSR count). The molecule has 1 aromatic carbocycles. The zero-order valence-electron chi connectivity index (χ0n) is 11.0. The molecule has 1 atom stereocenters. The summed E-state index contributed by atoms with van der Waals surface area (Å²) in [4.78, 5) is 27.1. The van der Waals surface area contributed by atoms with Crippen molar-refractivity contribution in [1.82, 2.24) is 10.3 Å². The minimum absolute atomic E-state index is 0.147. The second-order valence-electron chi connectivity index (χ2n) is 4.41. The smallest absolute Gasteiger partial charge is 0.326 e. The van der Waals surface area contributed by atoms with Crippen molar-refractivity contribution in [2.75, 3.05) is 0 Å². The highest BCUT2D eigenvalue weighted by molar-refractivity contribution is 6.30. The Labute approximate surface area is 126 Å². The van der Waals surface area contributed by atoms with Crippen molar-refractivity contribution in [3.05, 3.63) is 64.9 Å². The first kappa shape index (κ1) is 15.0. The van der Waals surface area contributed by atoms with Gasteiger partial charge < -0.3 is 10.4 Å². The first-order chi connectivity index (χ1) is 10.1. The molecule has 2 aromatic rings. The van der Waals surface area contributed by atoms with Gasteiger partial charge in [-0.1, -0.05) is 29.8 Å². The SMILES string of the molecule is O=C(N[C@@H](Cc1cccc(Cl)c1)C(=O)O)c1ccccn1. The lowest BCUT2D eigenvalue weighted by Gasteiger charge is -2.14. The van der Waals surface area contributed by atoms with Crippen LogP contribution in [0, 0.1) is 0 Å². The summed E-state index contributed by atoms with van der Waals surface area (Å²) in [5.41, 5.74) is 0.908. The number of halogens is 1. The van der Waals surface area contributed by atoms with Crippen molar-refractivity contribution < 1.29 is 14.7 Å². The van der Waals surface area contributed by atoms with E-state index in [0.717, 1.165) is 5.56 Å². The second-order valence-corrected chi connectivity index (χ2v) is 4.85. The van der Waals surface area contributed by atoms with Crippen LogP contribution in [0.4, 0.5) is 0 Å². The van der Waals surface area contributed by atoms with Gasteiger partial charge in [-0.2, -0.15) is 0 Å². The molecule has 0 fully saturated rings. The van der Waals surface area contributed by atoms with Crippen LogP contribution in [0.3, 0.4) is 0 Å². The van der Waals surface area contributed by atoms with E-state index in [9.17, 15) is 14.7 Å². The molecule has 1 aromatic heterocycles. The van der Waals surface area contributed by atoms with Crippen LogP contribution in [-0.4, -0.2) is 28.0 Å². The third-order valence-electron chi connectivity index (χ3n) is 2.83. The Morgan fingerprint density at radius 1 is 1.24 bits per heavy atom. The fourth-order valence-electron chi connectivity index (χ4n) is 1.83. The molecule has 21 heavy (non-hydrogen) atoms. The van der Waals surface area contributed by atoms with Crippen molar-refractivity contribution >= 4 is 23.5 Å². The summed E-state index contributed by atoms with van der Waals surface area (Å²) >= 11 is 5.86. The van der Waals surface area contributed by atoms with E-state index in [1.165, 1.54) is 12.3 Å². The summed E-state index contributed by atoms with van der Waals surface area (Å²) in [6, 6.07) is 10.7. The van der Waals surface area contributed by atoms with Gasteiger partial charge in [-0.15, -0.1) is 0 Å². The summed E-state index contributed by atoms with van der Waals surface area (Å²) in [6.45, 7) is 0. The average Bonchev–Trinajstić information content (AvgIpc) is 2.47. The van der Waals surface area contributed by atoms with E-state index >= 15 is 0 Å². The van der Waals surface area contributed by atoms with Crippen LogP contribution >= 0.6 is 11.6 Å². The summed E-state index contributed by atoms with van der Waals surface area (Å²) in [5, 5.41) is 12.2. The van der Waals surface area contributed by atoms with E-state index in [2.05, 4.69) is 10.3 Å². The lowest BCUT2D eigenvalue weighted by molar-refractivity contribution is -0.139. The minimum atomic E-state index is -1.11. The van der Waals surface area contributed by atoms with E-state index in [0.29, 0.717) is 5.02 Å². The highest BCUT2D eigenvalue weighted by Gasteiger charge is 2.21. The highest BCUT2D eigenvalue weighted by atomic mass is 35.5. The Kier molecular flexibility index (Phi) is 4.90. The lowest BCUT2D eigenvalue weighted by Crippen LogP contribution is -2.42. The number of carboxylic acid groups (broad SMARTS) is 1. The summed E-state index contributed by atoms with van der Waals surface area (Å²) in [7, 11) is 0. The van der Waals surface area contributed by atoms with Gasteiger partial charge in [-0.05, 0) is 29.8 Å². The Morgan fingerprint density at radius 2 is 2.05 bits per heavy atom. The number of amides is 1. The predicted octanol–water partition coefficient (Wildman–Crippen LogP) is 2.16. The van der Waals surface area contributed by atoms with Gasteiger partial charge in [0.25, 0.3) is 5.91 Å². The standard InChI is InChI=1S/C15H13ClN2O3/c16-11-5-3-4-10(8-11)9-13(15(20)21)18-14(19)12-6-1-2-7-17-12/h1-8,13H,9H2,(H,18,19)(H,20,21)/t13-/m0/s1. The van der Waals surface area contributed by atoms with Crippen LogP contribution in [0.2, 0.25) is 5.02 Å². The molecule has 0 radical (unpaired) electrons. The quantitative estimate of drug-likeness (QED) is 0.887. The maximum absolute atomic E-state index is 12.0. The zero-order chi connectivity index (χ0) is 15.2. The van der Waals surface area contributed by atoms with Crippen LogP contribution in [0.25, 0.3) is 0 Å². The Bertz CT molecular complexity index is 646. The van der Waals surface area contributed by atoms with Crippen LogP contribution in [0.1, 0.15) is 16.1 Å². The normalized spacial score (nSPS) is 11.7. The number of nitrogens with one attached hydrogen (secondary N) is 1. The number of aromatic nitrogens is 1. The molecule has 0 aliphatic carbocycles. The number of carbonyl (C=O) groups excluding carboxylic acids is 1. The summed E-state index contributed by atoms with van der Waals surface area (Å²) in [5.74, 6) is -1.63. The third kappa shape index (κ3) is 4.29. The molecular weight excluding hydrogens is 292 g/mol. The Morgan fingerprint density at radius 3 is 2.67 bits per heavy atom. The monoisotopic (exact) mass is 304 g/mol. The molecule has 1 amide bonds. The molecule has 1 heterocycles. The largest absolute Gasteiger partial charge is 0.480 e. The maximum Gasteiger partial charge on any atom is 0.326 e. The number of carbonyl (C=O) groups is 2. The molecule has 0 bridgehead atoms. The fourth-order valence-corrected chi connectivity index (χ4v) is 2.04. The third-order valence-corrected chi connectivity index (χ3v) is 3.06. The molecule has 0 aliphatic rings. The molecule has 0 saturated carbocycles. The van der Waals surface area contributed by atoms with E-state index in [1.54, 1.807) is 36.4 Å². The summed E-state index contributed by atoms with van der Waals surface area (Å²) in [6.07, 6.45) is 1.62. The van der Waals surface area contributed by atoms with Crippen molar-refractivity contribution in [3.8, 4) is 0 Å². The van der Waals surface area contributed by atoms with Crippen LogP contribution in [0.15, 0.2) is 48.7 Å². The second kappa shape index (κ2) is 6.85. The maximum atomic E-state index is 12.0. The number of pyridine rings is 1. The van der Waals surface area contributed by atoms with Crippen LogP contribution < -0.4 is 5.32 Å². The van der Waals surface area contributed by atoms with Gasteiger partial charge >= 0.3 is 5.97 Å². The van der Waals surface area contributed by atoms with Crippen LogP contribution in [-0.2, 0) is 11.2 Å². The zero-order valence-corrected chi connectivity index (χ0v) is 11.7. The molecule has 6 heteroatoms. The average molecular weight is 305 g/mol. The number of benzene rings is 1. The van der Waals surface area contributed by atoms with Crippen molar-refractivity contribution in [2.24, 2.45) is 0 Å². The van der Waals surface area contributed by atoms with Gasteiger partial charge in [0.1, 0.15) is 11.7 Å². The molecule has 108 valence electrons. The van der Waals surface area contributed by atoms with E-state index < -0.39 is 17.9 Å². The van der Waals surface area contributed by atoms with Crippen molar-refractivity contribution in [3.63, 3.8) is 0 Å². The highest BCUT2D eigenvalue weighted by Crippen LogP contribution is 2.12. The molecule has 5 nitrogen and oxygen atoms in total. The molecular formula is C15H13ClN2O3. The van der Waals surface area contributed by atoms with Gasteiger partial charge in [0.2, 0.25) is 0 Å².